The zero-order valence-corrected chi connectivity index (χ0v) is 14.2. The van der Waals surface area contributed by atoms with Gasteiger partial charge in [0.05, 0.1) is 15.1 Å². The van der Waals surface area contributed by atoms with E-state index < -0.39 is 16.0 Å². The predicted molar refractivity (Wildman–Crippen MR) is 96.4 cm³/mol. The van der Waals surface area contributed by atoms with Crippen LogP contribution in [0.3, 0.4) is 0 Å². The first-order chi connectivity index (χ1) is 11.8. The predicted octanol–water partition coefficient (Wildman–Crippen LogP) is 2.49. The van der Waals surface area contributed by atoms with Gasteiger partial charge in [-0.25, -0.2) is 13.2 Å². The first-order valence-electron chi connectivity index (χ1n) is 7.00. The van der Waals surface area contributed by atoms with Crippen LogP contribution in [0.15, 0.2) is 58.2 Å². The van der Waals surface area contributed by atoms with Gasteiger partial charge in [0.2, 0.25) is 0 Å². The molecule has 0 saturated carbocycles. The number of carboxylic acid groups (broad SMARTS) is 1. The Kier molecular flexibility index (Phi) is 4.43. The van der Waals surface area contributed by atoms with Crippen molar-refractivity contribution >= 4 is 49.3 Å². The van der Waals surface area contributed by atoms with Crippen molar-refractivity contribution < 1.29 is 18.3 Å². The number of carboxylic acids is 1. The van der Waals surface area contributed by atoms with Gasteiger partial charge in [0.25, 0.3) is 10.0 Å². The van der Waals surface area contributed by atoms with E-state index in [4.69, 9.17) is 5.11 Å². The number of hydrogen-bond acceptors (Lipinski definition) is 5. The molecule has 0 saturated heterocycles. The van der Waals surface area contributed by atoms with Crippen LogP contribution in [0.1, 0.15) is 5.56 Å². The van der Waals surface area contributed by atoms with Crippen LogP contribution in [0.2, 0.25) is 0 Å². The number of aliphatic carboxylic acids is 1. The molecule has 0 aliphatic rings. The Balaban J connectivity index is 1.91. The highest BCUT2D eigenvalue weighted by Crippen LogP contribution is 2.22. The topological polar surface area (TPSA) is 116 Å². The van der Waals surface area contributed by atoms with Gasteiger partial charge in [-0.1, -0.05) is 23.5 Å². The van der Waals surface area contributed by atoms with Crippen LogP contribution in [-0.4, -0.2) is 24.5 Å². The summed E-state index contributed by atoms with van der Waals surface area (Å²) in [6.07, 6.45) is 2.33. The smallest absolute Gasteiger partial charge is 0.328 e. The van der Waals surface area contributed by atoms with Crippen LogP contribution < -0.4 is 9.60 Å². The first kappa shape index (κ1) is 16.9. The summed E-state index contributed by atoms with van der Waals surface area (Å²) in [6, 6.07) is 10.7. The third kappa shape index (κ3) is 3.95. The number of nitrogens with one attached hydrogen (secondary N) is 2. The molecule has 0 fully saturated rings. The number of rotatable bonds is 5. The van der Waals surface area contributed by atoms with Crippen molar-refractivity contribution in [3.8, 4) is 0 Å². The Morgan fingerprint density at radius 1 is 1.20 bits per heavy atom. The van der Waals surface area contributed by atoms with E-state index in [1.165, 1.54) is 30.3 Å². The van der Waals surface area contributed by atoms with E-state index in [0.717, 1.165) is 17.4 Å². The molecule has 0 aliphatic heterocycles. The molecule has 0 atom stereocenters. The van der Waals surface area contributed by atoms with E-state index in [-0.39, 0.29) is 9.77 Å². The van der Waals surface area contributed by atoms with E-state index in [1.54, 1.807) is 18.2 Å². The van der Waals surface area contributed by atoms with E-state index in [1.807, 2.05) is 0 Å². The molecule has 7 nitrogen and oxygen atoms in total. The average molecular weight is 376 g/mol. The number of aromatic nitrogens is 1. The summed E-state index contributed by atoms with van der Waals surface area (Å²) < 4.78 is 28.0. The zero-order chi connectivity index (χ0) is 18.0. The molecule has 1 aromatic heterocycles. The molecule has 0 bridgehead atoms. The Bertz CT molecular complexity index is 1140. The number of thiazole rings is 1. The van der Waals surface area contributed by atoms with Crippen LogP contribution in [0.5, 0.6) is 0 Å². The molecule has 3 N–H and O–H groups in total. The Labute approximate surface area is 146 Å². The fourth-order valence-electron chi connectivity index (χ4n) is 2.18. The molecule has 3 rings (SSSR count). The summed E-state index contributed by atoms with van der Waals surface area (Å²) in [5.74, 6) is -1.09. The lowest BCUT2D eigenvalue weighted by Gasteiger charge is -2.08. The maximum absolute atomic E-state index is 12.5. The molecule has 2 aromatic carbocycles. The summed E-state index contributed by atoms with van der Waals surface area (Å²) in [6.45, 7) is 0. The van der Waals surface area contributed by atoms with Gasteiger partial charge in [0, 0.05) is 11.8 Å². The monoisotopic (exact) mass is 376 g/mol. The van der Waals surface area contributed by atoms with Crippen molar-refractivity contribution in [3.63, 3.8) is 0 Å². The number of sulfonamides is 1. The number of benzene rings is 2. The highest BCUT2D eigenvalue weighted by Gasteiger charge is 2.15. The first-order valence-corrected chi connectivity index (χ1v) is 9.30. The quantitative estimate of drug-likeness (QED) is 0.592. The van der Waals surface area contributed by atoms with Gasteiger partial charge in [-0.05, 0) is 42.0 Å². The lowest BCUT2D eigenvalue weighted by Crippen LogP contribution is -2.12. The van der Waals surface area contributed by atoms with Crippen molar-refractivity contribution in [1.82, 2.24) is 4.98 Å². The molecule has 0 spiro atoms. The largest absolute Gasteiger partial charge is 0.478 e. The lowest BCUT2D eigenvalue weighted by atomic mass is 10.2. The van der Waals surface area contributed by atoms with E-state index in [0.29, 0.717) is 21.5 Å². The second kappa shape index (κ2) is 6.54. The Morgan fingerprint density at radius 2 is 2.00 bits per heavy atom. The minimum atomic E-state index is -3.84. The summed E-state index contributed by atoms with van der Waals surface area (Å²) in [5.41, 5.74) is 1.42. The number of aromatic amines is 1. The lowest BCUT2D eigenvalue weighted by molar-refractivity contribution is -0.131. The maximum Gasteiger partial charge on any atom is 0.328 e. The van der Waals surface area contributed by atoms with Gasteiger partial charge in [-0.3, -0.25) is 9.52 Å². The van der Waals surface area contributed by atoms with Gasteiger partial charge in [-0.15, -0.1) is 0 Å². The van der Waals surface area contributed by atoms with Crippen LogP contribution in [0, 0.1) is 0 Å². The van der Waals surface area contributed by atoms with E-state index >= 15 is 0 Å². The Morgan fingerprint density at radius 3 is 2.76 bits per heavy atom. The molecule has 0 aliphatic carbocycles. The maximum atomic E-state index is 12.5. The van der Waals surface area contributed by atoms with E-state index in [9.17, 15) is 18.0 Å². The van der Waals surface area contributed by atoms with Crippen LogP contribution in [0.4, 0.5) is 5.69 Å². The third-order valence-corrected chi connectivity index (χ3v) is 5.48. The van der Waals surface area contributed by atoms with Crippen LogP contribution in [0.25, 0.3) is 16.3 Å². The second-order valence-electron chi connectivity index (χ2n) is 5.08. The van der Waals surface area contributed by atoms with Crippen molar-refractivity contribution in [3.05, 3.63) is 63.8 Å². The summed E-state index contributed by atoms with van der Waals surface area (Å²) in [7, 11) is -3.84. The van der Waals surface area contributed by atoms with Gasteiger partial charge in [0.15, 0.2) is 0 Å². The van der Waals surface area contributed by atoms with Crippen molar-refractivity contribution in [2.24, 2.45) is 0 Å². The number of hydrogen-bond donors (Lipinski definition) is 3. The molecule has 9 heteroatoms. The molecule has 0 unspecified atom stereocenters. The highest BCUT2D eigenvalue weighted by molar-refractivity contribution is 7.92. The van der Waals surface area contributed by atoms with Crippen molar-refractivity contribution in [2.75, 3.05) is 4.72 Å². The van der Waals surface area contributed by atoms with Gasteiger partial charge >= 0.3 is 10.8 Å². The fraction of sp³-hybridized carbons (Fsp3) is 0. The van der Waals surface area contributed by atoms with Gasteiger partial charge < -0.3 is 10.1 Å². The standard InChI is InChI=1S/C16H12N2O5S2/c19-15(20)7-4-10-2-1-3-11(8-10)18-25(22,23)12-5-6-13-14(9-12)24-16(21)17-13/h1-9,18H,(H,17,21)(H,19,20)/b7-4+. The average Bonchev–Trinajstić information content (AvgIpc) is 2.92. The molecule has 128 valence electrons. The minimum absolute atomic E-state index is 0.0294. The normalized spacial score (nSPS) is 11.8. The number of fused-ring (bicyclic) bond motifs is 1. The van der Waals surface area contributed by atoms with Crippen LogP contribution in [-0.2, 0) is 14.8 Å². The van der Waals surface area contributed by atoms with E-state index in [2.05, 4.69) is 9.71 Å². The van der Waals surface area contributed by atoms with Crippen LogP contribution >= 0.6 is 11.3 Å². The molecule has 1 heterocycles. The van der Waals surface area contributed by atoms with Crippen molar-refractivity contribution in [2.45, 2.75) is 4.90 Å². The molecule has 0 amide bonds. The number of carbonyl (C=O) groups is 1. The second-order valence-corrected chi connectivity index (χ2v) is 7.77. The summed E-state index contributed by atoms with van der Waals surface area (Å²) >= 11 is 0.932. The van der Waals surface area contributed by atoms with Crippen molar-refractivity contribution in [1.29, 1.82) is 0 Å². The zero-order valence-electron chi connectivity index (χ0n) is 12.6. The SMILES string of the molecule is O=C(O)/C=C/c1cccc(NS(=O)(=O)c2ccc3[nH]c(=O)sc3c2)c1. The van der Waals surface area contributed by atoms with Gasteiger partial charge in [-0.2, -0.15) is 0 Å². The highest BCUT2D eigenvalue weighted by atomic mass is 32.2. The third-order valence-electron chi connectivity index (χ3n) is 3.26. The molecule has 0 radical (unpaired) electrons. The fourth-order valence-corrected chi connectivity index (χ4v) is 4.11. The number of anilines is 1. The minimum Gasteiger partial charge on any atom is -0.478 e. The molecular formula is C16H12N2O5S2. The summed E-state index contributed by atoms with van der Waals surface area (Å²) in [4.78, 5) is 24.3. The molecule has 25 heavy (non-hydrogen) atoms. The molecule has 3 aromatic rings. The Hall–Kier alpha value is -2.91. The number of H-pyrrole nitrogens is 1. The molecular weight excluding hydrogens is 364 g/mol. The van der Waals surface area contributed by atoms with Gasteiger partial charge in [0.1, 0.15) is 0 Å². The summed E-state index contributed by atoms with van der Waals surface area (Å²) in [5, 5.41) is 8.65.